The number of nitrogens with one attached hydrogen (secondary N) is 1. The van der Waals surface area contributed by atoms with Gasteiger partial charge in [-0.2, -0.15) is 0 Å². The molecule has 1 saturated heterocycles. The third-order valence-corrected chi connectivity index (χ3v) is 1.91. The molecule has 1 heterocycles. The minimum absolute atomic E-state index is 0.962. The lowest BCUT2D eigenvalue weighted by Gasteiger charge is -1.97. The van der Waals surface area contributed by atoms with Crippen molar-refractivity contribution in [2.75, 3.05) is 19.0 Å². The van der Waals surface area contributed by atoms with Gasteiger partial charge in [0.25, 0.3) is 0 Å². The van der Waals surface area contributed by atoms with Crippen LogP contribution in [0.25, 0.3) is 0 Å². The molecule has 1 aliphatic heterocycles. The van der Waals surface area contributed by atoms with E-state index in [1.165, 1.54) is 13.1 Å². The van der Waals surface area contributed by atoms with Crippen LogP contribution in [-0.2, 0) is 0 Å². The zero-order chi connectivity index (χ0) is 5.82. The van der Waals surface area contributed by atoms with Crippen LogP contribution >= 0.6 is 11.9 Å². The molecule has 0 aromatic heterocycles. The summed E-state index contributed by atoms with van der Waals surface area (Å²) in [5.41, 5.74) is 0. The Morgan fingerprint density at radius 1 is 1.75 bits per heavy atom. The first-order valence-electron chi connectivity index (χ1n) is 2.65. The molecule has 46 valence electrons. The second-order valence-corrected chi connectivity index (χ2v) is 2.67. The summed E-state index contributed by atoms with van der Waals surface area (Å²) in [5.74, 6) is 0.962. The van der Waals surface area contributed by atoms with E-state index in [-0.39, 0.29) is 0 Å². The van der Waals surface area contributed by atoms with Crippen molar-refractivity contribution in [1.29, 1.82) is 0 Å². The van der Waals surface area contributed by atoms with Gasteiger partial charge in [-0.25, -0.2) is 4.31 Å². The highest BCUT2D eigenvalue weighted by Crippen LogP contribution is 2.16. The lowest BCUT2D eigenvalue weighted by atomic mass is 11.0. The van der Waals surface area contributed by atoms with E-state index < -0.39 is 0 Å². The number of rotatable bonds is 4. The van der Waals surface area contributed by atoms with Gasteiger partial charge in [0, 0.05) is 13.1 Å². The van der Waals surface area contributed by atoms with Crippen LogP contribution in [0.15, 0.2) is 12.8 Å². The topological polar surface area (TPSA) is 15.0 Å². The summed E-state index contributed by atoms with van der Waals surface area (Å²) in [5, 5.41) is 3.00. The monoisotopic (exact) mass is 130 g/mol. The summed E-state index contributed by atoms with van der Waals surface area (Å²) in [6, 6.07) is 0. The molecule has 0 atom stereocenters. The van der Waals surface area contributed by atoms with Gasteiger partial charge in [-0.05, 0) is 6.20 Å². The van der Waals surface area contributed by atoms with Gasteiger partial charge in [0.2, 0.25) is 0 Å². The average Bonchev–Trinajstić information content (AvgIpc) is 2.51. The van der Waals surface area contributed by atoms with E-state index in [4.69, 9.17) is 0 Å². The molecule has 0 aliphatic carbocycles. The molecule has 0 amide bonds. The minimum atomic E-state index is 0.962. The molecule has 8 heavy (non-hydrogen) atoms. The van der Waals surface area contributed by atoms with Crippen molar-refractivity contribution < 1.29 is 0 Å². The van der Waals surface area contributed by atoms with Crippen molar-refractivity contribution in [3.05, 3.63) is 12.8 Å². The van der Waals surface area contributed by atoms with Crippen molar-refractivity contribution in [2.45, 2.75) is 0 Å². The highest BCUT2D eigenvalue weighted by Gasteiger charge is 2.16. The van der Waals surface area contributed by atoms with Crippen LogP contribution in [0.1, 0.15) is 0 Å². The summed E-state index contributed by atoms with van der Waals surface area (Å²) in [4.78, 5) is 0. The Kier molecular flexibility index (Phi) is 2.24. The van der Waals surface area contributed by atoms with Crippen molar-refractivity contribution >= 4 is 11.9 Å². The zero-order valence-corrected chi connectivity index (χ0v) is 5.58. The van der Waals surface area contributed by atoms with E-state index in [0.29, 0.717) is 0 Å². The van der Waals surface area contributed by atoms with E-state index in [1.807, 2.05) is 11.9 Å². The van der Waals surface area contributed by atoms with Crippen LogP contribution in [0.5, 0.6) is 0 Å². The van der Waals surface area contributed by atoms with Crippen LogP contribution < -0.4 is 5.32 Å². The third kappa shape index (κ3) is 2.23. The highest BCUT2D eigenvalue weighted by molar-refractivity contribution is 7.97. The molecule has 0 aromatic carbocycles. The lowest BCUT2D eigenvalue weighted by molar-refractivity contribution is 0.931. The number of nitrogens with zero attached hydrogens (tertiary/aromatic N) is 1. The van der Waals surface area contributed by atoms with E-state index in [9.17, 15) is 0 Å². The lowest BCUT2D eigenvalue weighted by Crippen LogP contribution is -2.03. The maximum absolute atomic E-state index is 3.53. The largest absolute Gasteiger partial charge is 0.381 e. The number of hydrogen-bond donors (Lipinski definition) is 1. The Hall–Kier alpha value is -0.150. The molecular formula is C5H10N2S. The Morgan fingerprint density at radius 3 is 3.00 bits per heavy atom. The first-order chi connectivity index (χ1) is 3.93. The SMILES string of the molecule is C=CNCSN1CC1. The van der Waals surface area contributed by atoms with Crippen molar-refractivity contribution in [3.8, 4) is 0 Å². The Bertz CT molecular complexity index is 80.5. The van der Waals surface area contributed by atoms with E-state index in [0.717, 1.165) is 5.88 Å². The molecule has 2 nitrogen and oxygen atoms in total. The van der Waals surface area contributed by atoms with Crippen LogP contribution in [-0.4, -0.2) is 23.3 Å². The average molecular weight is 130 g/mol. The van der Waals surface area contributed by atoms with Gasteiger partial charge >= 0.3 is 0 Å². The molecule has 0 aromatic rings. The van der Waals surface area contributed by atoms with Crippen LogP contribution in [0.4, 0.5) is 0 Å². The molecule has 0 bridgehead atoms. The second kappa shape index (κ2) is 2.99. The molecule has 1 aliphatic rings. The molecule has 1 rings (SSSR count). The van der Waals surface area contributed by atoms with Gasteiger partial charge < -0.3 is 5.32 Å². The van der Waals surface area contributed by atoms with Gasteiger partial charge in [0.1, 0.15) is 0 Å². The highest BCUT2D eigenvalue weighted by atomic mass is 32.2. The molecule has 1 N–H and O–H groups in total. The predicted molar refractivity (Wildman–Crippen MR) is 37.4 cm³/mol. The minimum Gasteiger partial charge on any atom is -0.381 e. The van der Waals surface area contributed by atoms with Gasteiger partial charge in [-0.1, -0.05) is 18.5 Å². The summed E-state index contributed by atoms with van der Waals surface area (Å²) >= 11 is 1.82. The quantitative estimate of drug-likeness (QED) is 0.260. The maximum Gasteiger partial charge on any atom is 0.0752 e. The number of hydrogen-bond acceptors (Lipinski definition) is 3. The van der Waals surface area contributed by atoms with Crippen molar-refractivity contribution in [3.63, 3.8) is 0 Å². The van der Waals surface area contributed by atoms with Gasteiger partial charge in [0.15, 0.2) is 0 Å². The first kappa shape index (κ1) is 5.98. The maximum atomic E-state index is 3.53. The summed E-state index contributed by atoms with van der Waals surface area (Å²) in [6.07, 6.45) is 1.72. The molecule has 0 saturated carbocycles. The molecule has 0 spiro atoms. The summed E-state index contributed by atoms with van der Waals surface area (Å²) < 4.78 is 2.29. The predicted octanol–water partition coefficient (Wildman–Crippen LogP) is 0.641. The molecule has 3 heteroatoms. The Balaban J connectivity index is 1.80. The molecule has 0 unspecified atom stereocenters. The first-order valence-corrected chi connectivity index (χ1v) is 3.60. The van der Waals surface area contributed by atoms with Crippen molar-refractivity contribution in [1.82, 2.24) is 9.62 Å². The zero-order valence-electron chi connectivity index (χ0n) is 4.76. The smallest absolute Gasteiger partial charge is 0.0752 e. The summed E-state index contributed by atoms with van der Waals surface area (Å²) in [6.45, 7) is 6.04. The van der Waals surface area contributed by atoms with E-state index in [2.05, 4.69) is 16.2 Å². The third-order valence-electron chi connectivity index (χ3n) is 0.881. The van der Waals surface area contributed by atoms with Crippen LogP contribution in [0, 0.1) is 0 Å². The Morgan fingerprint density at radius 2 is 2.50 bits per heavy atom. The van der Waals surface area contributed by atoms with Crippen LogP contribution in [0.2, 0.25) is 0 Å². The summed E-state index contributed by atoms with van der Waals surface area (Å²) in [7, 11) is 0. The molecule has 0 radical (unpaired) electrons. The fourth-order valence-electron chi connectivity index (χ4n) is 0.357. The van der Waals surface area contributed by atoms with E-state index >= 15 is 0 Å². The normalized spacial score (nSPS) is 18.0. The van der Waals surface area contributed by atoms with Crippen LogP contribution in [0.3, 0.4) is 0 Å². The van der Waals surface area contributed by atoms with Crippen molar-refractivity contribution in [2.24, 2.45) is 0 Å². The molecule has 1 fully saturated rings. The van der Waals surface area contributed by atoms with E-state index in [1.54, 1.807) is 6.20 Å². The Labute approximate surface area is 54.1 Å². The van der Waals surface area contributed by atoms with Gasteiger partial charge in [-0.15, -0.1) is 0 Å². The van der Waals surface area contributed by atoms with Gasteiger partial charge in [0.05, 0.1) is 5.88 Å². The molecular weight excluding hydrogens is 120 g/mol. The fraction of sp³-hybridized carbons (Fsp3) is 0.600. The fourth-order valence-corrected chi connectivity index (χ4v) is 1.07. The second-order valence-electron chi connectivity index (χ2n) is 1.61. The van der Waals surface area contributed by atoms with Gasteiger partial charge in [-0.3, -0.25) is 0 Å². The standard InChI is InChI=1S/C5H10N2S/c1-2-6-5-8-7-3-4-7/h2,6H,1,3-5H2.